The molecule has 0 bridgehead atoms. The Morgan fingerprint density at radius 2 is 2.22 bits per heavy atom. The Labute approximate surface area is 142 Å². The third kappa shape index (κ3) is 6.38. The Morgan fingerprint density at radius 1 is 1.43 bits per heavy atom. The first kappa shape index (κ1) is 17.4. The minimum absolute atomic E-state index is 0.184. The lowest BCUT2D eigenvalue weighted by molar-refractivity contribution is -0.115. The summed E-state index contributed by atoms with van der Waals surface area (Å²) in [5.74, 6) is 0.553. The van der Waals surface area contributed by atoms with Crippen molar-refractivity contribution in [3.63, 3.8) is 0 Å². The van der Waals surface area contributed by atoms with Crippen molar-refractivity contribution in [2.45, 2.75) is 25.9 Å². The van der Waals surface area contributed by atoms with Gasteiger partial charge < -0.3 is 14.8 Å². The summed E-state index contributed by atoms with van der Waals surface area (Å²) in [6.07, 6.45) is 5.48. The lowest BCUT2D eigenvalue weighted by Gasteiger charge is -2.12. The number of hydrogen-bond acceptors (Lipinski definition) is 4. The van der Waals surface area contributed by atoms with Gasteiger partial charge in [-0.2, -0.15) is 0 Å². The topological polar surface area (TPSA) is 59.6 Å². The van der Waals surface area contributed by atoms with Crippen molar-refractivity contribution < 1.29 is 14.3 Å². The third-order valence-electron chi connectivity index (χ3n) is 3.37. The molecule has 0 saturated carbocycles. The van der Waals surface area contributed by atoms with Crippen LogP contribution in [-0.2, 0) is 9.53 Å². The molecule has 0 radical (unpaired) electrons. The van der Waals surface area contributed by atoms with E-state index in [0.717, 1.165) is 30.8 Å². The van der Waals surface area contributed by atoms with Crippen molar-refractivity contribution in [3.8, 4) is 5.75 Å². The van der Waals surface area contributed by atoms with Crippen molar-refractivity contribution >= 4 is 29.3 Å². The fourth-order valence-electron chi connectivity index (χ4n) is 2.22. The molecule has 0 spiro atoms. The maximum atomic E-state index is 11.8. The summed E-state index contributed by atoms with van der Waals surface area (Å²) in [6.45, 7) is 4.00. The van der Waals surface area contributed by atoms with Crippen LogP contribution in [0, 0.1) is 0 Å². The Morgan fingerprint density at radius 3 is 2.87 bits per heavy atom. The fraction of sp³-hybridized carbons (Fsp3) is 0.412. The standard InChI is InChI=1S/C17H22N2O3S/c1-2-21-14-8-5-13(6-9-14)7-10-16(20)19-17(23)18-12-15-4-3-11-22-15/h5-10,15H,2-4,11-12H2,1H3,(H2,18,19,20,23)/b10-7+. The lowest BCUT2D eigenvalue weighted by Crippen LogP contribution is -2.41. The van der Waals surface area contributed by atoms with Crippen LogP contribution < -0.4 is 15.4 Å². The van der Waals surface area contributed by atoms with Gasteiger partial charge in [0.15, 0.2) is 5.11 Å². The molecule has 1 unspecified atom stereocenters. The molecule has 1 fully saturated rings. The second-order valence-corrected chi connectivity index (χ2v) is 5.58. The summed E-state index contributed by atoms with van der Waals surface area (Å²) >= 11 is 5.09. The summed E-state index contributed by atoms with van der Waals surface area (Å²) in [6, 6.07) is 7.52. The summed E-state index contributed by atoms with van der Waals surface area (Å²) in [4.78, 5) is 11.8. The molecular formula is C17H22N2O3S. The van der Waals surface area contributed by atoms with Gasteiger partial charge in [-0.05, 0) is 55.8 Å². The van der Waals surface area contributed by atoms with Gasteiger partial charge in [-0.3, -0.25) is 10.1 Å². The van der Waals surface area contributed by atoms with Crippen LogP contribution in [0.3, 0.4) is 0 Å². The van der Waals surface area contributed by atoms with E-state index >= 15 is 0 Å². The highest BCUT2D eigenvalue weighted by molar-refractivity contribution is 7.80. The summed E-state index contributed by atoms with van der Waals surface area (Å²) < 4.78 is 10.9. The average molecular weight is 334 g/mol. The zero-order valence-electron chi connectivity index (χ0n) is 13.2. The number of hydrogen-bond donors (Lipinski definition) is 2. The molecule has 1 heterocycles. The first-order valence-electron chi connectivity index (χ1n) is 7.78. The third-order valence-corrected chi connectivity index (χ3v) is 3.62. The molecule has 1 aliphatic rings. The smallest absolute Gasteiger partial charge is 0.250 e. The van der Waals surface area contributed by atoms with E-state index in [2.05, 4.69) is 10.6 Å². The van der Waals surface area contributed by atoms with E-state index in [-0.39, 0.29) is 12.0 Å². The predicted molar refractivity (Wildman–Crippen MR) is 94.4 cm³/mol. The molecule has 1 aromatic rings. The molecule has 1 aromatic carbocycles. The monoisotopic (exact) mass is 334 g/mol. The highest BCUT2D eigenvalue weighted by atomic mass is 32.1. The van der Waals surface area contributed by atoms with Gasteiger partial charge in [0, 0.05) is 19.2 Å². The Bertz CT molecular complexity index is 551. The lowest BCUT2D eigenvalue weighted by atomic mass is 10.2. The van der Waals surface area contributed by atoms with Gasteiger partial charge in [0.2, 0.25) is 5.91 Å². The van der Waals surface area contributed by atoms with E-state index < -0.39 is 0 Å². The zero-order valence-corrected chi connectivity index (χ0v) is 14.0. The Kier molecular flexibility index (Phi) is 7.03. The van der Waals surface area contributed by atoms with Gasteiger partial charge in [0.05, 0.1) is 12.7 Å². The number of carbonyl (C=O) groups excluding carboxylic acids is 1. The van der Waals surface area contributed by atoms with Crippen molar-refractivity contribution in [1.29, 1.82) is 0 Å². The second-order valence-electron chi connectivity index (χ2n) is 5.17. The van der Waals surface area contributed by atoms with Crippen molar-refractivity contribution in [2.75, 3.05) is 19.8 Å². The molecule has 0 aliphatic carbocycles. The molecule has 6 heteroatoms. The van der Waals surface area contributed by atoms with Crippen LogP contribution in [0.15, 0.2) is 30.3 Å². The molecule has 1 aliphatic heterocycles. The maximum Gasteiger partial charge on any atom is 0.250 e. The largest absolute Gasteiger partial charge is 0.494 e. The minimum atomic E-state index is -0.260. The van der Waals surface area contributed by atoms with E-state index in [4.69, 9.17) is 21.7 Å². The van der Waals surface area contributed by atoms with E-state index in [9.17, 15) is 4.79 Å². The molecule has 1 amide bonds. The number of benzene rings is 1. The summed E-state index contributed by atoms with van der Waals surface area (Å²) in [7, 11) is 0. The maximum absolute atomic E-state index is 11.8. The number of rotatable bonds is 6. The van der Waals surface area contributed by atoms with Crippen LogP contribution in [-0.4, -0.2) is 36.9 Å². The van der Waals surface area contributed by atoms with Gasteiger partial charge in [-0.25, -0.2) is 0 Å². The van der Waals surface area contributed by atoms with E-state index in [1.165, 1.54) is 6.08 Å². The number of thiocarbonyl (C=S) groups is 1. The molecule has 0 aromatic heterocycles. The quantitative estimate of drug-likeness (QED) is 0.617. The molecule has 1 atom stereocenters. The van der Waals surface area contributed by atoms with Gasteiger partial charge in [-0.1, -0.05) is 12.1 Å². The van der Waals surface area contributed by atoms with E-state index in [1.54, 1.807) is 6.08 Å². The number of ether oxygens (including phenoxy) is 2. The molecular weight excluding hydrogens is 312 g/mol. The average Bonchev–Trinajstić information content (AvgIpc) is 3.06. The van der Waals surface area contributed by atoms with Crippen LogP contribution in [0.2, 0.25) is 0 Å². The zero-order chi connectivity index (χ0) is 16.5. The molecule has 23 heavy (non-hydrogen) atoms. The Hall–Kier alpha value is -1.92. The van der Waals surface area contributed by atoms with Gasteiger partial charge >= 0.3 is 0 Å². The van der Waals surface area contributed by atoms with E-state index in [0.29, 0.717) is 18.3 Å². The van der Waals surface area contributed by atoms with Crippen molar-refractivity contribution in [1.82, 2.24) is 10.6 Å². The number of amides is 1. The molecule has 2 N–H and O–H groups in total. The Balaban J connectivity index is 1.73. The normalized spacial score (nSPS) is 17.2. The van der Waals surface area contributed by atoms with Crippen molar-refractivity contribution in [2.24, 2.45) is 0 Å². The number of nitrogens with one attached hydrogen (secondary N) is 2. The predicted octanol–water partition coefficient (Wildman–Crippen LogP) is 2.27. The van der Waals surface area contributed by atoms with Crippen LogP contribution in [0.25, 0.3) is 6.08 Å². The van der Waals surface area contributed by atoms with Gasteiger partial charge in [-0.15, -0.1) is 0 Å². The summed E-state index contributed by atoms with van der Waals surface area (Å²) in [5.41, 5.74) is 0.918. The van der Waals surface area contributed by atoms with Crippen LogP contribution in [0.5, 0.6) is 5.75 Å². The minimum Gasteiger partial charge on any atom is -0.494 e. The summed E-state index contributed by atoms with van der Waals surface area (Å²) in [5, 5.41) is 5.94. The first-order chi connectivity index (χ1) is 11.2. The van der Waals surface area contributed by atoms with Gasteiger partial charge in [0.1, 0.15) is 5.75 Å². The molecule has 124 valence electrons. The van der Waals surface area contributed by atoms with Crippen LogP contribution in [0.1, 0.15) is 25.3 Å². The first-order valence-corrected chi connectivity index (χ1v) is 8.19. The molecule has 2 rings (SSSR count). The van der Waals surface area contributed by atoms with Crippen LogP contribution >= 0.6 is 12.2 Å². The SMILES string of the molecule is CCOc1ccc(/C=C/C(=O)NC(=S)NCC2CCCO2)cc1. The molecule has 1 saturated heterocycles. The highest BCUT2D eigenvalue weighted by Crippen LogP contribution is 2.13. The van der Waals surface area contributed by atoms with E-state index in [1.807, 2.05) is 31.2 Å². The molecule has 5 nitrogen and oxygen atoms in total. The highest BCUT2D eigenvalue weighted by Gasteiger charge is 2.15. The second kappa shape index (κ2) is 9.27. The van der Waals surface area contributed by atoms with Crippen molar-refractivity contribution in [3.05, 3.63) is 35.9 Å². The van der Waals surface area contributed by atoms with Crippen LogP contribution in [0.4, 0.5) is 0 Å². The fourth-order valence-corrected chi connectivity index (χ4v) is 2.41. The van der Waals surface area contributed by atoms with Gasteiger partial charge in [0.25, 0.3) is 0 Å². The number of carbonyl (C=O) groups is 1.